The maximum Gasteiger partial charge on any atom is 0.323 e. The second-order valence-corrected chi connectivity index (χ2v) is 6.22. The number of anilines is 1. The van der Waals surface area contributed by atoms with Gasteiger partial charge in [-0.2, -0.15) is 5.10 Å². The molecular weight excluding hydrogens is 314 g/mol. The highest BCUT2D eigenvalue weighted by molar-refractivity contribution is 5.89. The molecule has 0 bridgehead atoms. The van der Waals surface area contributed by atoms with Crippen molar-refractivity contribution in [2.24, 2.45) is 7.05 Å². The van der Waals surface area contributed by atoms with Crippen molar-refractivity contribution in [2.75, 3.05) is 18.4 Å². The number of nitrogens with zero attached hydrogens (tertiary/aromatic N) is 3. The Morgan fingerprint density at radius 2 is 2.12 bits per heavy atom. The summed E-state index contributed by atoms with van der Waals surface area (Å²) in [7, 11) is 1.79. The van der Waals surface area contributed by atoms with Gasteiger partial charge in [-0.05, 0) is 37.5 Å². The van der Waals surface area contributed by atoms with Crippen LogP contribution in [0.1, 0.15) is 29.9 Å². The van der Waals surface area contributed by atoms with Crippen molar-refractivity contribution in [3.05, 3.63) is 47.2 Å². The lowest BCUT2D eigenvalue weighted by Crippen LogP contribution is -2.41. The Morgan fingerprint density at radius 1 is 1.33 bits per heavy atom. The van der Waals surface area contributed by atoms with Gasteiger partial charge in [-0.3, -0.25) is 10.00 Å². The normalized spacial score (nSPS) is 17.8. The number of benzene rings is 1. The van der Waals surface area contributed by atoms with Crippen LogP contribution in [-0.4, -0.2) is 33.8 Å². The minimum Gasteiger partial charge on any atom is -0.324 e. The molecule has 1 fully saturated rings. The standard InChI is InChI=1S/C17H20F2N4O/c1-11-9-22(2)21-16(11)20-17(24)23-7-3-4-13(10-23)12-5-6-14(18)15(19)8-12/h5-6,8-9,13H,3-4,7,10H2,1-2H3,(H,20,21,24). The molecule has 3 rings (SSSR count). The number of rotatable bonds is 2. The smallest absolute Gasteiger partial charge is 0.323 e. The van der Waals surface area contributed by atoms with Crippen LogP contribution in [0.4, 0.5) is 19.4 Å². The van der Waals surface area contributed by atoms with E-state index in [0.717, 1.165) is 30.0 Å². The number of carbonyl (C=O) groups is 1. The van der Waals surface area contributed by atoms with Crippen molar-refractivity contribution >= 4 is 11.8 Å². The van der Waals surface area contributed by atoms with Gasteiger partial charge in [0.2, 0.25) is 0 Å². The molecule has 1 unspecified atom stereocenters. The third kappa shape index (κ3) is 3.39. The molecule has 2 aromatic rings. The largest absolute Gasteiger partial charge is 0.324 e. The molecule has 24 heavy (non-hydrogen) atoms. The number of aryl methyl sites for hydroxylation is 2. The number of urea groups is 1. The molecule has 0 saturated carbocycles. The predicted molar refractivity (Wildman–Crippen MR) is 86.9 cm³/mol. The Balaban J connectivity index is 1.69. The highest BCUT2D eigenvalue weighted by Gasteiger charge is 2.26. The van der Waals surface area contributed by atoms with Gasteiger partial charge in [-0.1, -0.05) is 6.07 Å². The van der Waals surface area contributed by atoms with Crippen LogP contribution in [0.5, 0.6) is 0 Å². The Labute approximate surface area is 139 Å². The summed E-state index contributed by atoms with van der Waals surface area (Å²) in [5, 5.41) is 7.02. The maximum absolute atomic E-state index is 13.4. The number of carbonyl (C=O) groups excluding carboxylic acids is 1. The lowest BCUT2D eigenvalue weighted by molar-refractivity contribution is 0.192. The van der Waals surface area contributed by atoms with E-state index in [-0.39, 0.29) is 11.9 Å². The SMILES string of the molecule is Cc1cn(C)nc1NC(=O)N1CCCC(c2ccc(F)c(F)c2)C1. The number of halogens is 2. The van der Waals surface area contributed by atoms with Crippen LogP contribution in [0.15, 0.2) is 24.4 Å². The van der Waals surface area contributed by atoms with E-state index in [2.05, 4.69) is 10.4 Å². The first-order chi connectivity index (χ1) is 11.4. The Kier molecular flexibility index (Phi) is 4.51. The minimum absolute atomic E-state index is 0.00410. The number of likely N-dealkylation sites (tertiary alicyclic amines) is 1. The predicted octanol–water partition coefficient (Wildman–Crippen LogP) is 3.42. The molecule has 7 heteroatoms. The number of piperidine rings is 1. The second-order valence-electron chi connectivity index (χ2n) is 6.22. The zero-order valence-electron chi connectivity index (χ0n) is 13.7. The van der Waals surface area contributed by atoms with Gasteiger partial charge < -0.3 is 4.90 Å². The van der Waals surface area contributed by atoms with Gasteiger partial charge in [0.15, 0.2) is 17.5 Å². The lowest BCUT2D eigenvalue weighted by atomic mass is 9.90. The number of aromatic nitrogens is 2. The maximum atomic E-state index is 13.4. The Morgan fingerprint density at radius 3 is 2.79 bits per heavy atom. The van der Waals surface area contributed by atoms with E-state index in [4.69, 9.17) is 0 Å². The average Bonchev–Trinajstić information content (AvgIpc) is 2.87. The molecule has 2 heterocycles. The molecule has 2 amide bonds. The summed E-state index contributed by atoms with van der Waals surface area (Å²) in [6.07, 6.45) is 3.49. The number of hydrogen-bond donors (Lipinski definition) is 1. The van der Waals surface area contributed by atoms with Crippen LogP contribution in [0.3, 0.4) is 0 Å². The van der Waals surface area contributed by atoms with Crippen LogP contribution >= 0.6 is 0 Å². The molecule has 128 valence electrons. The van der Waals surface area contributed by atoms with E-state index < -0.39 is 11.6 Å². The van der Waals surface area contributed by atoms with Crippen LogP contribution in [0.2, 0.25) is 0 Å². The molecule has 5 nitrogen and oxygen atoms in total. The summed E-state index contributed by atoms with van der Waals surface area (Å²) in [6.45, 7) is 2.99. The molecule has 1 N–H and O–H groups in total. The van der Waals surface area contributed by atoms with Gasteiger partial charge in [0.1, 0.15) is 0 Å². The van der Waals surface area contributed by atoms with Crippen molar-refractivity contribution < 1.29 is 13.6 Å². The molecule has 1 aliphatic heterocycles. The first-order valence-electron chi connectivity index (χ1n) is 7.95. The summed E-state index contributed by atoms with van der Waals surface area (Å²) in [5.74, 6) is -1.16. The van der Waals surface area contributed by atoms with E-state index in [9.17, 15) is 13.6 Å². The van der Waals surface area contributed by atoms with Gasteiger partial charge in [0.05, 0.1) is 0 Å². The summed E-state index contributed by atoms with van der Waals surface area (Å²) < 4.78 is 28.2. The van der Waals surface area contributed by atoms with Gasteiger partial charge in [-0.15, -0.1) is 0 Å². The van der Waals surface area contributed by atoms with Crippen LogP contribution < -0.4 is 5.32 Å². The molecule has 1 aromatic heterocycles. The lowest BCUT2D eigenvalue weighted by Gasteiger charge is -2.33. The number of amides is 2. The molecule has 0 spiro atoms. The molecule has 0 radical (unpaired) electrons. The summed E-state index contributed by atoms with van der Waals surface area (Å²) >= 11 is 0. The highest BCUT2D eigenvalue weighted by Crippen LogP contribution is 2.28. The fourth-order valence-electron chi connectivity index (χ4n) is 3.11. The zero-order chi connectivity index (χ0) is 17.3. The van der Waals surface area contributed by atoms with Crippen molar-refractivity contribution in [3.63, 3.8) is 0 Å². The summed E-state index contributed by atoms with van der Waals surface area (Å²) in [6, 6.07) is 3.74. The van der Waals surface area contributed by atoms with Crippen molar-refractivity contribution in [1.29, 1.82) is 0 Å². The van der Waals surface area contributed by atoms with Crippen molar-refractivity contribution in [2.45, 2.75) is 25.7 Å². The third-order valence-corrected chi connectivity index (χ3v) is 4.36. The highest BCUT2D eigenvalue weighted by atomic mass is 19.2. The van der Waals surface area contributed by atoms with Crippen LogP contribution in [-0.2, 0) is 7.05 Å². The van der Waals surface area contributed by atoms with E-state index in [0.29, 0.717) is 18.9 Å². The van der Waals surface area contributed by atoms with Crippen LogP contribution in [0, 0.1) is 18.6 Å². The van der Waals surface area contributed by atoms with E-state index >= 15 is 0 Å². The molecule has 1 aliphatic rings. The van der Waals surface area contributed by atoms with E-state index in [1.807, 2.05) is 13.1 Å². The first-order valence-corrected chi connectivity index (χ1v) is 7.95. The van der Waals surface area contributed by atoms with E-state index in [1.165, 1.54) is 6.07 Å². The Hall–Kier alpha value is -2.44. The average molecular weight is 334 g/mol. The van der Waals surface area contributed by atoms with Gasteiger partial charge in [0, 0.05) is 37.8 Å². The van der Waals surface area contributed by atoms with Crippen molar-refractivity contribution in [1.82, 2.24) is 14.7 Å². The monoisotopic (exact) mass is 334 g/mol. The quantitative estimate of drug-likeness (QED) is 0.915. The van der Waals surface area contributed by atoms with Crippen LogP contribution in [0.25, 0.3) is 0 Å². The minimum atomic E-state index is -0.852. The summed E-state index contributed by atoms with van der Waals surface area (Å²) in [5.41, 5.74) is 1.61. The Bertz CT molecular complexity index is 759. The molecule has 1 saturated heterocycles. The molecular formula is C17H20F2N4O. The molecule has 1 atom stereocenters. The topological polar surface area (TPSA) is 50.2 Å². The molecule has 1 aromatic carbocycles. The molecule has 0 aliphatic carbocycles. The van der Waals surface area contributed by atoms with Gasteiger partial charge in [-0.25, -0.2) is 13.6 Å². The fourth-order valence-corrected chi connectivity index (χ4v) is 3.11. The fraction of sp³-hybridized carbons (Fsp3) is 0.412. The third-order valence-electron chi connectivity index (χ3n) is 4.36. The van der Waals surface area contributed by atoms with E-state index in [1.54, 1.807) is 22.7 Å². The van der Waals surface area contributed by atoms with Crippen molar-refractivity contribution in [3.8, 4) is 0 Å². The number of nitrogens with one attached hydrogen (secondary N) is 1. The first kappa shape index (κ1) is 16.4. The van der Waals surface area contributed by atoms with Gasteiger partial charge >= 0.3 is 6.03 Å². The van der Waals surface area contributed by atoms with Gasteiger partial charge in [0.25, 0.3) is 0 Å². The second kappa shape index (κ2) is 6.59. The summed E-state index contributed by atoms with van der Waals surface area (Å²) in [4.78, 5) is 14.2. The number of hydrogen-bond acceptors (Lipinski definition) is 2. The zero-order valence-corrected chi connectivity index (χ0v) is 13.7.